The second-order valence-corrected chi connectivity index (χ2v) is 5.21. The van der Waals surface area contributed by atoms with Gasteiger partial charge >= 0.3 is 5.97 Å². The van der Waals surface area contributed by atoms with E-state index in [9.17, 15) is 13.2 Å². The lowest BCUT2D eigenvalue weighted by Gasteiger charge is -1.97. The highest BCUT2D eigenvalue weighted by atomic mass is 32.2. The molecule has 1 rings (SSSR count). The molecule has 0 aromatic carbocycles. The summed E-state index contributed by atoms with van der Waals surface area (Å²) in [5.41, 5.74) is 0. The molecular weight excluding hydrogens is 222 g/mol. The van der Waals surface area contributed by atoms with Crippen LogP contribution in [0.2, 0.25) is 0 Å². The average molecular weight is 233 g/mol. The number of nitrogens with zero attached hydrogens (tertiary/aromatic N) is 3. The van der Waals surface area contributed by atoms with E-state index in [-0.39, 0.29) is 18.1 Å². The summed E-state index contributed by atoms with van der Waals surface area (Å²) in [6.07, 6.45) is 2.42. The van der Waals surface area contributed by atoms with Crippen LogP contribution in [0.1, 0.15) is 10.6 Å². The largest absolute Gasteiger partial charge is 0.463 e. The van der Waals surface area contributed by atoms with Crippen LogP contribution >= 0.6 is 0 Å². The molecule has 0 radical (unpaired) electrons. The van der Waals surface area contributed by atoms with Crippen molar-refractivity contribution in [1.29, 1.82) is 0 Å². The van der Waals surface area contributed by atoms with Crippen molar-refractivity contribution in [1.82, 2.24) is 14.8 Å². The van der Waals surface area contributed by atoms with Crippen molar-refractivity contribution in [3.05, 3.63) is 12.2 Å². The van der Waals surface area contributed by atoms with E-state index in [0.717, 1.165) is 6.26 Å². The third kappa shape index (κ3) is 3.66. The first-order valence-corrected chi connectivity index (χ1v) is 6.14. The summed E-state index contributed by atoms with van der Waals surface area (Å²) in [6, 6.07) is 0. The van der Waals surface area contributed by atoms with E-state index < -0.39 is 15.8 Å². The number of carbonyl (C=O) groups is 1. The lowest BCUT2D eigenvalue weighted by molar-refractivity contribution is 0.0586. The molecule has 0 atom stereocenters. The van der Waals surface area contributed by atoms with Crippen molar-refractivity contribution in [3.63, 3.8) is 0 Å². The number of ether oxygens (including phenoxy) is 1. The van der Waals surface area contributed by atoms with E-state index in [1.807, 2.05) is 0 Å². The highest BCUT2D eigenvalue weighted by Crippen LogP contribution is 1.94. The number of esters is 1. The van der Waals surface area contributed by atoms with Gasteiger partial charge in [0.15, 0.2) is 0 Å². The van der Waals surface area contributed by atoms with Crippen LogP contribution in [0.3, 0.4) is 0 Å². The minimum absolute atomic E-state index is 0.0447. The number of aromatic nitrogens is 3. The topological polar surface area (TPSA) is 91.1 Å². The first-order valence-electron chi connectivity index (χ1n) is 4.08. The smallest absolute Gasteiger partial charge is 0.377 e. The van der Waals surface area contributed by atoms with Gasteiger partial charge in [0.1, 0.15) is 16.2 Å². The van der Waals surface area contributed by atoms with Gasteiger partial charge in [-0.25, -0.2) is 18.2 Å². The molecule has 1 aromatic heterocycles. The standard InChI is InChI=1S/C7H11N3O4S/c1-14-7(11)6-8-5-10(9-6)3-4-15(2,12)13/h5H,3-4H2,1-2H3. The van der Waals surface area contributed by atoms with E-state index in [0.29, 0.717) is 0 Å². The van der Waals surface area contributed by atoms with Crippen LogP contribution in [0.15, 0.2) is 6.33 Å². The van der Waals surface area contributed by atoms with E-state index in [1.165, 1.54) is 18.1 Å². The highest BCUT2D eigenvalue weighted by molar-refractivity contribution is 7.90. The molecule has 0 aliphatic rings. The normalized spacial score (nSPS) is 11.3. The van der Waals surface area contributed by atoms with E-state index in [2.05, 4.69) is 14.8 Å². The third-order valence-corrected chi connectivity index (χ3v) is 2.52. The van der Waals surface area contributed by atoms with E-state index in [1.54, 1.807) is 0 Å². The Morgan fingerprint density at radius 3 is 2.80 bits per heavy atom. The molecule has 15 heavy (non-hydrogen) atoms. The van der Waals surface area contributed by atoms with Gasteiger partial charge in [0.05, 0.1) is 19.4 Å². The fraction of sp³-hybridized carbons (Fsp3) is 0.571. The predicted molar refractivity (Wildman–Crippen MR) is 51.1 cm³/mol. The maximum Gasteiger partial charge on any atom is 0.377 e. The molecular formula is C7H11N3O4S. The number of hydrogen-bond acceptors (Lipinski definition) is 6. The maximum atomic E-state index is 10.9. The lowest BCUT2D eigenvalue weighted by Crippen LogP contribution is -2.12. The van der Waals surface area contributed by atoms with Crippen LogP contribution < -0.4 is 0 Å². The zero-order valence-corrected chi connectivity index (χ0v) is 9.19. The number of carbonyl (C=O) groups excluding carboxylic acids is 1. The van der Waals surface area contributed by atoms with Gasteiger partial charge in [0, 0.05) is 6.26 Å². The van der Waals surface area contributed by atoms with Gasteiger partial charge in [-0.1, -0.05) is 0 Å². The Balaban J connectivity index is 2.65. The summed E-state index contributed by atoms with van der Waals surface area (Å²) >= 11 is 0. The molecule has 0 unspecified atom stereocenters. The Morgan fingerprint density at radius 2 is 2.27 bits per heavy atom. The lowest BCUT2D eigenvalue weighted by atomic mass is 10.6. The molecule has 1 heterocycles. The van der Waals surface area contributed by atoms with Gasteiger partial charge in [-0.3, -0.25) is 4.68 Å². The Kier molecular flexibility index (Phi) is 3.40. The summed E-state index contributed by atoms with van der Waals surface area (Å²) in [5.74, 6) is -0.768. The molecule has 0 N–H and O–H groups in total. The monoisotopic (exact) mass is 233 g/mol. The second-order valence-electron chi connectivity index (χ2n) is 2.95. The first-order chi connectivity index (χ1) is 6.92. The van der Waals surface area contributed by atoms with Crippen molar-refractivity contribution in [2.75, 3.05) is 19.1 Å². The average Bonchev–Trinajstić information content (AvgIpc) is 2.61. The van der Waals surface area contributed by atoms with Crippen LogP contribution in [0.5, 0.6) is 0 Å². The molecule has 0 saturated carbocycles. The Hall–Kier alpha value is -1.44. The molecule has 0 saturated heterocycles. The maximum absolute atomic E-state index is 10.9. The zero-order valence-electron chi connectivity index (χ0n) is 8.37. The molecule has 0 bridgehead atoms. The van der Waals surface area contributed by atoms with E-state index >= 15 is 0 Å². The molecule has 0 fully saturated rings. The first kappa shape index (κ1) is 11.6. The van der Waals surface area contributed by atoms with Gasteiger partial charge in [-0.05, 0) is 0 Å². The number of hydrogen-bond donors (Lipinski definition) is 0. The number of aryl methyl sites for hydroxylation is 1. The van der Waals surface area contributed by atoms with Gasteiger partial charge in [-0.15, -0.1) is 5.10 Å². The second kappa shape index (κ2) is 4.39. The van der Waals surface area contributed by atoms with Crippen molar-refractivity contribution in [2.24, 2.45) is 0 Å². The van der Waals surface area contributed by atoms with Crippen molar-refractivity contribution in [3.8, 4) is 0 Å². The molecule has 1 aromatic rings. The number of rotatable bonds is 4. The molecule has 0 spiro atoms. The summed E-state index contributed by atoms with van der Waals surface area (Å²) in [7, 11) is -1.82. The molecule has 0 aliphatic heterocycles. The van der Waals surface area contributed by atoms with Crippen molar-refractivity contribution in [2.45, 2.75) is 6.54 Å². The zero-order chi connectivity index (χ0) is 11.5. The summed E-state index contributed by atoms with van der Waals surface area (Å²) in [4.78, 5) is 14.6. The van der Waals surface area contributed by atoms with Gasteiger partial charge in [-0.2, -0.15) is 0 Å². The molecule has 8 heteroatoms. The molecule has 0 aliphatic carbocycles. The molecule has 0 amide bonds. The minimum Gasteiger partial charge on any atom is -0.463 e. The molecule has 7 nitrogen and oxygen atoms in total. The SMILES string of the molecule is COC(=O)c1ncn(CCS(C)(=O)=O)n1. The Morgan fingerprint density at radius 1 is 1.60 bits per heavy atom. The van der Waals surface area contributed by atoms with Crippen LogP contribution in [0.25, 0.3) is 0 Å². The van der Waals surface area contributed by atoms with Gasteiger partial charge < -0.3 is 4.74 Å². The quantitative estimate of drug-likeness (QED) is 0.626. The van der Waals surface area contributed by atoms with E-state index in [4.69, 9.17) is 0 Å². The Bertz CT molecular complexity index is 451. The summed E-state index contributed by atoms with van der Waals surface area (Å²) in [6.45, 7) is 0.169. The fourth-order valence-corrected chi connectivity index (χ4v) is 1.37. The Labute approximate surface area is 87.0 Å². The molecule has 84 valence electrons. The van der Waals surface area contributed by atoms with Gasteiger partial charge in [0.25, 0.3) is 5.82 Å². The van der Waals surface area contributed by atoms with Crippen LogP contribution in [0.4, 0.5) is 0 Å². The summed E-state index contributed by atoms with van der Waals surface area (Å²) in [5, 5.41) is 3.75. The van der Waals surface area contributed by atoms with Gasteiger partial charge in [0.2, 0.25) is 0 Å². The summed E-state index contributed by atoms with van der Waals surface area (Å²) < 4.78 is 27.4. The van der Waals surface area contributed by atoms with Crippen LogP contribution in [0, 0.1) is 0 Å². The van der Waals surface area contributed by atoms with Crippen LogP contribution in [-0.2, 0) is 21.1 Å². The number of methoxy groups -OCH3 is 1. The number of sulfone groups is 1. The highest BCUT2D eigenvalue weighted by Gasteiger charge is 2.11. The van der Waals surface area contributed by atoms with Crippen molar-refractivity contribution >= 4 is 15.8 Å². The van der Waals surface area contributed by atoms with Crippen LogP contribution in [-0.4, -0.2) is 48.3 Å². The third-order valence-electron chi connectivity index (χ3n) is 1.60. The minimum atomic E-state index is -3.04. The fourth-order valence-electron chi connectivity index (χ4n) is 0.847. The predicted octanol–water partition coefficient (Wildman–Crippen LogP) is -0.891. The van der Waals surface area contributed by atoms with Crippen molar-refractivity contribution < 1.29 is 17.9 Å².